The number of rotatable bonds is 7. The maximum absolute atomic E-state index is 12.1. The quantitative estimate of drug-likeness (QED) is 0.798. The van der Waals surface area contributed by atoms with E-state index in [1.807, 2.05) is 12.1 Å². The topological polar surface area (TPSA) is 88.5 Å². The van der Waals surface area contributed by atoms with Gasteiger partial charge in [0.15, 0.2) is 0 Å². The molecule has 0 radical (unpaired) electrons. The van der Waals surface area contributed by atoms with E-state index in [1.165, 1.54) is 18.4 Å². The van der Waals surface area contributed by atoms with Crippen LogP contribution >= 0.6 is 22.9 Å². The number of ether oxygens (including phenoxy) is 1. The standard InChI is InChI=1S/C15H15ClN2O4S/c1-22-7-6-11(15(20)21)17-13(19)12-8-23-14(18-12)9-2-4-10(16)5-3-9/h2-5,8,11H,6-7H2,1H3,(H,17,19)(H,20,21). The Morgan fingerprint density at radius 3 is 2.70 bits per heavy atom. The van der Waals surface area contributed by atoms with E-state index in [-0.39, 0.29) is 18.7 Å². The molecule has 1 atom stereocenters. The molecule has 2 rings (SSSR count). The van der Waals surface area contributed by atoms with E-state index >= 15 is 0 Å². The highest BCUT2D eigenvalue weighted by Crippen LogP contribution is 2.25. The monoisotopic (exact) mass is 354 g/mol. The SMILES string of the molecule is COCCC(NC(=O)c1csc(-c2ccc(Cl)cc2)n1)C(=O)O. The highest BCUT2D eigenvalue weighted by Gasteiger charge is 2.21. The van der Waals surface area contributed by atoms with Gasteiger partial charge in [-0.25, -0.2) is 9.78 Å². The van der Waals surface area contributed by atoms with Crippen molar-refractivity contribution in [2.75, 3.05) is 13.7 Å². The number of carboxylic acids is 1. The molecule has 122 valence electrons. The molecule has 0 aliphatic carbocycles. The van der Waals surface area contributed by atoms with Crippen LogP contribution < -0.4 is 5.32 Å². The third kappa shape index (κ3) is 4.75. The van der Waals surface area contributed by atoms with Gasteiger partial charge in [-0.15, -0.1) is 11.3 Å². The summed E-state index contributed by atoms with van der Waals surface area (Å²) in [6, 6.07) is 6.08. The zero-order valence-corrected chi connectivity index (χ0v) is 13.9. The number of carboxylic acid groups (broad SMARTS) is 1. The van der Waals surface area contributed by atoms with Gasteiger partial charge in [0.1, 0.15) is 16.7 Å². The third-order valence-electron chi connectivity index (χ3n) is 3.04. The second kappa shape index (κ2) is 8.05. The second-order valence-corrected chi connectivity index (χ2v) is 5.99. The predicted octanol–water partition coefficient (Wildman–Crippen LogP) is 2.68. The number of aliphatic carboxylic acids is 1. The Hall–Kier alpha value is -1.96. The number of methoxy groups -OCH3 is 1. The first-order chi connectivity index (χ1) is 11.0. The molecule has 1 heterocycles. The maximum Gasteiger partial charge on any atom is 0.326 e. The fourth-order valence-corrected chi connectivity index (χ4v) is 2.76. The van der Waals surface area contributed by atoms with Crippen LogP contribution in [0, 0.1) is 0 Å². The summed E-state index contributed by atoms with van der Waals surface area (Å²) in [5, 5.41) is 14.4. The normalized spacial score (nSPS) is 11.9. The minimum Gasteiger partial charge on any atom is -0.480 e. The van der Waals surface area contributed by atoms with Crippen LogP contribution in [0.2, 0.25) is 5.02 Å². The summed E-state index contributed by atoms with van der Waals surface area (Å²) in [6.07, 6.45) is 0.186. The minimum absolute atomic E-state index is 0.184. The number of hydrogen-bond donors (Lipinski definition) is 2. The van der Waals surface area contributed by atoms with Gasteiger partial charge in [0, 0.05) is 36.1 Å². The summed E-state index contributed by atoms with van der Waals surface area (Å²) in [5.41, 5.74) is 1.02. The molecule has 8 heteroatoms. The Bertz CT molecular complexity index is 687. The summed E-state index contributed by atoms with van der Waals surface area (Å²) in [6.45, 7) is 0.240. The van der Waals surface area contributed by atoms with E-state index < -0.39 is 17.9 Å². The number of nitrogens with one attached hydrogen (secondary N) is 1. The van der Waals surface area contributed by atoms with Crippen molar-refractivity contribution in [3.05, 3.63) is 40.4 Å². The van der Waals surface area contributed by atoms with Crippen LogP contribution in [0.25, 0.3) is 10.6 Å². The number of halogens is 1. The average Bonchev–Trinajstić information content (AvgIpc) is 3.01. The van der Waals surface area contributed by atoms with E-state index in [9.17, 15) is 9.59 Å². The van der Waals surface area contributed by atoms with Gasteiger partial charge in [0.05, 0.1) is 0 Å². The molecule has 1 aromatic heterocycles. The number of carbonyl (C=O) groups excluding carboxylic acids is 1. The number of carbonyl (C=O) groups is 2. The summed E-state index contributed by atoms with van der Waals surface area (Å²) < 4.78 is 4.84. The second-order valence-electron chi connectivity index (χ2n) is 4.69. The summed E-state index contributed by atoms with van der Waals surface area (Å²) >= 11 is 7.14. The summed E-state index contributed by atoms with van der Waals surface area (Å²) in [7, 11) is 1.47. The first-order valence-electron chi connectivity index (χ1n) is 6.75. The van der Waals surface area contributed by atoms with Crippen LogP contribution in [0.4, 0.5) is 0 Å². The lowest BCUT2D eigenvalue weighted by molar-refractivity contribution is -0.139. The minimum atomic E-state index is -1.11. The lowest BCUT2D eigenvalue weighted by Crippen LogP contribution is -2.41. The Balaban J connectivity index is 2.08. The van der Waals surface area contributed by atoms with Crippen LogP contribution in [0.3, 0.4) is 0 Å². The van der Waals surface area contributed by atoms with Gasteiger partial charge in [-0.2, -0.15) is 0 Å². The Labute approximate surface area is 142 Å². The van der Waals surface area contributed by atoms with Gasteiger partial charge < -0.3 is 15.2 Å². The molecule has 23 heavy (non-hydrogen) atoms. The van der Waals surface area contributed by atoms with Crippen molar-refractivity contribution in [1.82, 2.24) is 10.3 Å². The van der Waals surface area contributed by atoms with Crippen LogP contribution in [-0.2, 0) is 9.53 Å². The van der Waals surface area contributed by atoms with Crippen molar-refractivity contribution in [1.29, 1.82) is 0 Å². The smallest absolute Gasteiger partial charge is 0.326 e. The predicted molar refractivity (Wildman–Crippen MR) is 87.9 cm³/mol. The molecule has 0 bridgehead atoms. The molecule has 0 aliphatic rings. The van der Waals surface area contributed by atoms with Crippen molar-refractivity contribution >= 4 is 34.8 Å². The van der Waals surface area contributed by atoms with Gasteiger partial charge in [-0.05, 0) is 12.1 Å². The van der Waals surface area contributed by atoms with Crippen molar-refractivity contribution in [3.63, 3.8) is 0 Å². The Morgan fingerprint density at radius 1 is 1.39 bits per heavy atom. The zero-order chi connectivity index (χ0) is 16.8. The molecule has 0 spiro atoms. The molecule has 0 saturated carbocycles. The molecule has 0 saturated heterocycles. The molecule has 2 aromatic rings. The van der Waals surface area contributed by atoms with Gasteiger partial charge in [0.25, 0.3) is 5.91 Å². The molecule has 1 aromatic carbocycles. The van der Waals surface area contributed by atoms with E-state index in [0.717, 1.165) is 5.56 Å². The maximum atomic E-state index is 12.1. The molecule has 2 N–H and O–H groups in total. The fraction of sp³-hybridized carbons (Fsp3) is 0.267. The van der Waals surface area contributed by atoms with Crippen LogP contribution in [-0.4, -0.2) is 41.7 Å². The fourth-order valence-electron chi connectivity index (χ4n) is 1.83. The highest BCUT2D eigenvalue weighted by molar-refractivity contribution is 7.13. The number of benzene rings is 1. The zero-order valence-electron chi connectivity index (χ0n) is 12.3. The summed E-state index contributed by atoms with van der Waals surface area (Å²) in [5.74, 6) is -1.63. The van der Waals surface area contributed by atoms with Crippen molar-refractivity contribution in [2.45, 2.75) is 12.5 Å². The molecule has 0 fully saturated rings. The summed E-state index contributed by atoms with van der Waals surface area (Å²) in [4.78, 5) is 27.5. The van der Waals surface area contributed by atoms with Crippen molar-refractivity contribution < 1.29 is 19.4 Å². The van der Waals surface area contributed by atoms with Crippen molar-refractivity contribution in [2.24, 2.45) is 0 Å². The van der Waals surface area contributed by atoms with E-state index in [1.54, 1.807) is 17.5 Å². The molecule has 0 aliphatic heterocycles. The highest BCUT2D eigenvalue weighted by atomic mass is 35.5. The van der Waals surface area contributed by atoms with Crippen LogP contribution in [0.15, 0.2) is 29.6 Å². The van der Waals surface area contributed by atoms with E-state index in [0.29, 0.717) is 10.0 Å². The van der Waals surface area contributed by atoms with Gasteiger partial charge in [0.2, 0.25) is 0 Å². The molecule has 1 unspecified atom stereocenters. The third-order valence-corrected chi connectivity index (χ3v) is 4.19. The number of amides is 1. The average molecular weight is 355 g/mol. The lowest BCUT2D eigenvalue weighted by Gasteiger charge is -2.12. The lowest BCUT2D eigenvalue weighted by atomic mass is 10.2. The van der Waals surface area contributed by atoms with E-state index in [2.05, 4.69) is 10.3 Å². The Kier molecular flexibility index (Phi) is 6.09. The molecule has 1 amide bonds. The van der Waals surface area contributed by atoms with Crippen LogP contribution in [0.5, 0.6) is 0 Å². The van der Waals surface area contributed by atoms with Gasteiger partial charge in [-0.3, -0.25) is 4.79 Å². The molecular formula is C15H15ClN2O4S. The molecule has 6 nitrogen and oxygen atoms in total. The van der Waals surface area contributed by atoms with E-state index in [4.69, 9.17) is 21.4 Å². The van der Waals surface area contributed by atoms with Gasteiger partial charge >= 0.3 is 5.97 Å². The first-order valence-corrected chi connectivity index (χ1v) is 8.01. The van der Waals surface area contributed by atoms with Crippen molar-refractivity contribution in [3.8, 4) is 10.6 Å². The number of thiazole rings is 1. The van der Waals surface area contributed by atoms with Gasteiger partial charge in [-0.1, -0.05) is 23.7 Å². The number of nitrogens with zero attached hydrogens (tertiary/aromatic N) is 1. The number of aromatic nitrogens is 1. The molecular weight excluding hydrogens is 340 g/mol. The van der Waals surface area contributed by atoms with Crippen LogP contribution in [0.1, 0.15) is 16.9 Å². The Morgan fingerprint density at radius 2 is 2.09 bits per heavy atom. The number of hydrogen-bond acceptors (Lipinski definition) is 5. The largest absolute Gasteiger partial charge is 0.480 e. The first kappa shape index (κ1) is 17.4.